The number of carbonyl (C=O) groups is 1. The van der Waals surface area contributed by atoms with Crippen LogP contribution in [0.2, 0.25) is 5.02 Å². The number of esters is 1. The van der Waals surface area contributed by atoms with Crippen LogP contribution < -0.4 is 21.2 Å². The Labute approximate surface area is 140 Å². The van der Waals surface area contributed by atoms with Gasteiger partial charge in [0.25, 0.3) is 0 Å². The van der Waals surface area contributed by atoms with Crippen molar-refractivity contribution < 1.29 is 30.7 Å². The summed E-state index contributed by atoms with van der Waals surface area (Å²) in [6.45, 7) is 0. The van der Waals surface area contributed by atoms with Gasteiger partial charge in [0.1, 0.15) is 0 Å². The molecule has 3 aliphatic carbocycles. The molecule has 0 aromatic heterocycles. The molecule has 2 bridgehead atoms. The summed E-state index contributed by atoms with van der Waals surface area (Å²) >= 11 is 6.83. The van der Waals surface area contributed by atoms with Crippen LogP contribution in [0, 0.1) is 11.8 Å². The predicted octanol–water partition coefficient (Wildman–Crippen LogP) is 0.840. The first-order valence-electron chi connectivity index (χ1n) is 7.36. The minimum absolute atomic E-state index is 0.151. The van der Waals surface area contributed by atoms with Gasteiger partial charge in [0.15, 0.2) is 0 Å². The molecule has 1 atom stereocenters. The van der Waals surface area contributed by atoms with E-state index in [2.05, 4.69) is 18.2 Å². The van der Waals surface area contributed by atoms with Crippen LogP contribution in [0.5, 0.6) is 0 Å². The molecule has 112 valence electrons. The molecule has 0 radical (unpaired) electrons. The molecule has 2 nitrogen and oxygen atoms in total. The monoisotopic (exact) mass is 415 g/mol. The van der Waals surface area contributed by atoms with Gasteiger partial charge in [0.05, 0.1) is 0 Å². The number of allylic oxidation sites excluding steroid dienone is 1. The summed E-state index contributed by atoms with van der Waals surface area (Å²) in [4.78, 5) is 12.1. The average molecular weight is 416 g/mol. The fourth-order valence-corrected chi connectivity index (χ4v) is 5.88. The van der Waals surface area contributed by atoms with Gasteiger partial charge in [-0.05, 0) is 0 Å². The van der Waals surface area contributed by atoms with Crippen molar-refractivity contribution in [1.29, 1.82) is 0 Å². The first kappa shape index (κ1) is 14.1. The third kappa shape index (κ3) is 2.42. The normalized spacial score (nSPS) is 30.3. The van der Waals surface area contributed by atoms with Crippen molar-refractivity contribution in [3.05, 3.63) is 39.9 Å². The van der Waals surface area contributed by atoms with E-state index in [1.54, 1.807) is 0 Å². The second-order valence-electron chi connectivity index (χ2n) is 6.13. The Bertz CT molecular complexity index is 642. The van der Waals surface area contributed by atoms with E-state index in [1.165, 1.54) is 22.7 Å². The Balaban J connectivity index is 1.76. The molecule has 0 N–H and O–H groups in total. The number of hydrogen-bond acceptors (Lipinski definition) is 2. The maximum absolute atomic E-state index is 12.1. The van der Waals surface area contributed by atoms with Gasteiger partial charge in [-0.3, -0.25) is 0 Å². The van der Waals surface area contributed by atoms with E-state index in [-0.39, 0.29) is 5.97 Å². The summed E-state index contributed by atoms with van der Waals surface area (Å²) in [6.07, 6.45) is 3.28. The van der Waals surface area contributed by atoms with Crippen LogP contribution in [0.1, 0.15) is 34.3 Å². The first-order chi connectivity index (χ1) is 10.2. The number of carbonyl (C=O) groups excluding carboxylic acids is 1. The summed E-state index contributed by atoms with van der Waals surface area (Å²) in [6, 6.07) is 6.41. The van der Waals surface area contributed by atoms with E-state index in [0.717, 1.165) is 45.3 Å². The van der Waals surface area contributed by atoms with Gasteiger partial charge in [0, 0.05) is 0 Å². The zero-order chi connectivity index (χ0) is 14.6. The van der Waals surface area contributed by atoms with Crippen LogP contribution in [-0.2, 0) is 9.53 Å². The number of rotatable bonds is 3. The molecule has 21 heavy (non-hydrogen) atoms. The maximum atomic E-state index is 12.1. The van der Waals surface area contributed by atoms with Crippen LogP contribution in [0.15, 0.2) is 23.8 Å². The zero-order valence-electron chi connectivity index (χ0n) is 11.9. The van der Waals surface area contributed by atoms with Gasteiger partial charge in [-0.15, -0.1) is 0 Å². The Morgan fingerprint density at radius 3 is 2.76 bits per heavy atom. The molecule has 1 aromatic carbocycles. The predicted molar refractivity (Wildman–Crippen MR) is 78.8 cm³/mol. The second kappa shape index (κ2) is 5.27. The van der Waals surface area contributed by atoms with E-state index in [4.69, 9.17) is 16.3 Å². The molecule has 1 saturated heterocycles. The van der Waals surface area contributed by atoms with Crippen molar-refractivity contribution >= 4 is 23.1 Å². The van der Waals surface area contributed by atoms with Gasteiger partial charge in [-0.1, -0.05) is 0 Å². The van der Waals surface area contributed by atoms with E-state index in [0.29, 0.717) is 27.1 Å². The fourth-order valence-electron chi connectivity index (χ4n) is 3.64. The van der Waals surface area contributed by atoms with Gasteiger partial charge in [0.2, 0.25) is 0 Å². The average Bonchev–Trinajstić information content (AvgIpc) is 3.29. The number of halogens is 2. The van der Waals surface area contributed by atoms with Crippen LogP contribution in [0.3, 0.4) is 0 Å². The van der Waals surface area contributed by atoms with E-state index in [9.17, 15) is 4.79 Å². The molecule has 5 rings (SSSR count). The molecule has 1 unspecified atom stereocenters. The van der Waals surface area contributed by atoms with Crippen LogP contribution in [0.4, 0.5) is 0 Å². The number of ether oxygens (including phenoxy) is 1. The summed E-state index contributed by atoms with van der Waals surface area (Å²) < 4.78 is 7.14. The molecule has 1 heterocycles. The minimum atomic E-state index is -0.151. The SMILES string of the molecule is COC(=O)C1=C(c2ccc(C3C[I-]3)c(Cl)c2)CC2CC1C2. The fraction of sp³-hybridized carbons (Fsp3) is 0.471. The van der Waals surface area contributed by atoms with Crippen molar-refractivity contribution in [3.63, 3.8) is 0 Å². The third-order valence-electron chi connectivity index (χ3n) is 4.86. The van der Waals surface area contributed by atoms with Gasteiger partial charge >= 0.3 is 140 Å². The van der Waals surface area contributed by atoms with E-state index in [1.807, 2.05) is 0 Å². The van der Waals surface area contributed by atoms with Crippen LogP contribution in [-0.4, -0.2) is 17.5 Å². The molecule has 1 aliphatic heterocycles. The summed E-state index contributed by atoms with van der Waals surface area (Å²) in [5, 5.41) is 0.880. The molecule has 1 aromatic rings. The Hall–Kier alpha value is -0.550. The second-order valence-corrected chi connectivity index (χ2v) is 9.81. The molecule has 2 fully saturated rings. The van der Waals surface area contributed by atoms with Crippen molar-refractivity contribution in [2.45, 2.75) is 23.2 Å². The summed E-state index contributed by atoms with van der Waals surface area (Å²) in [5.74, 6) is 0.992. The van der Waals surface area contributed by atoms with Crippen molar-refractivity contribution in [2.24, 2.45) is 11.8 Å². The Morgan fingerprint density at radius 2 is 2.14 bits per heavy atom. The number of fused-ring (bicyclic) bond motifs is 1. The summed E-state index contributed by atoms with van der Waals surface area (Å²) in [5.41, 5.74) is 4.52. The number of methoxy groups -OCH3 is 1. The standard InChI is InChI=1S/C17H17ClIO2/c1-21-17(20)16-11-4-9(5-11)6-13(16)10-2-3-12(14(18)7-10)15-8-19-15/h2-3,7,9,11,15H,4-6,8H2,1H3/q-1. The topological polar surface area (TPSA) is 26.3 Å². The number of alkyl halides is 2. The molecular formula is C17H17ClIO2-. The molecular weight excluding hydrogens is 399 g/mol. The Morgan fingerprint density at radius 1 is 1.38 bits per heavy atom. The molecule has 0 amide bonds. The summed E-state index contributed by atoms with van der Waals surface area (Å²) in [7, 11) is 1.48. The van der Waals surface area contributed by atoms with Crippen LogP contribution >= 0.6 is 11.6 Å². The third-order valence-corrected chi connectivity index (χ3v) is 7.62. The number of hydrogen-bond donors (Lipinski definition) is 0. The van der Waals surface area contributed by atoms with Gasteiger partial charge in [-0.25, -0.2) is 0 Å². The molecule has 4 heteroatoms. The van der Waals surface area contributed by atoms with E-state index >= 15 is 0 Å². The van der Waals surface area contributed by atoms with Crippen molar-refractivity contribution in [3.8, 4) is 0 Å². The quantitative estimate of drug-likeness (QED) is 0.415. The molecule has 4 aliphatic rings. The first-order valence-corrected chi connectivity index (χ1v) is 10.5. The zero-order valence-corrected chi connectivity index (χ0v) is 14.8. The van der Waals surface area contributed by atoms with Gasteiger partial charge in [-0.2, -0.15) is 0 Å². The van der Waals surface area contributed by atoms with E-state index < -0.39 is 0 Å². The Kier molecular flexibility index (Phi) is 3.53. The molecule has 1 saturated carbocycles. The van der Waals surface area contributed by atoms with Crippen molar-refractivity contribution in [2.75, 3.05) is 11.5 Å². The number of benzene rings is 1. The van der Waals surface area contributed by atoms with Crippen LogP contribution in [0.25, 0.3) is 5.57 Å². The van der Waals surface area contributed by atoms with Gasteiger partial charge < -0.3 is 0 Å². The molecule has 0 spiro atoms. The van der Waals surface area contributed by atoms with Crippen molar-refractivity contribution in [1.82, 2.24) is 0 Å².